The first-order valence-corrected chi connectivity index (χ1v) is 8.35. The van der Waals surface area contributed by atoms with Crippen LogP contribution in [0.25, 0.3) is 0 Å². The normalized spacial score (nSPS) is 14.2. The lowest BCUT2D eigenvalue weighted by atomic mass is 10.1. The smallest absolute Gasteiger partial charge is 0.255 e. The van der Waals surface area contributed by atoms with Gasteiger partial charge in [0, 0.05) is 34.5 Å². The zero-order valence-electron chi connectivity index (χ0n) is 12.6. The van der Waals surface area contributed by atoms with E-state index in [9.17, 15) is 4.79 Å². The first kappa shape index (κ1) is 15.1. The summed E-state index contributed by atoms with van der Waals surface area (Å²) >= 11 is 3.38. The number of aryl methyl sites for hydroxylation is 1. The van der Waals surface area contributed by atoms with E-state index in [0.29, 0.717) is 5.56 Å². The topological polar surface area (TPSA) is 32.3 Å². The van der Waals surface area contributed by atoms with Crippen molar-refractivity contribution < 1.29 is 4.79 Å². The number of anilines is 2. The van der Waals surface area contributed by atoms with E-state index in [0.717, 1.165) is 28.8 Å². The fraction of sp³-hybridized carbons (Fsp3) is 0.278. The Morgan fingerprint density at radius 2 is 1.77 bits per heavy atom. The van der Waals surface area contributed by atoms with Crippen molar-refractivity contribution in [3.05, 3.63) is 58.1 Å². The van der Waals surface area contributed by atoms with E-state index in [1.807, 2.05) is 37.3 Å². The Bertz CT molecular complexity index is 676. The average Bonchev–Trinajstić information content (AvgIpc) is 3.04. The Morgan fingerprint density at radius 3 is 2.41 bits per heavy atom. The van der Waals surface area contributed by atoms with E-state index < -0.39 is 0 Å². The lowest BCUT2D eigenvalue weighted by Gasteiger charge is -2.19. The molecule has 1 aliphatic rings. The molecule has 4 heteroatoms. The summed E-state index contributed by atoms with van der Waals surface area (Å²) in [6, 6.07) is 13.6. The molecule has 3 nitrogen and oxygen atoms in total. The largest absolute Gasteiger partial charge is 0.372 e. The molecule has 0 aliphatic carbocycles. The average molecular weight is 359 g/mol. The highest BCUT2D eigenvalue weighted by molar-refractivity contribution is 9.10. The van der Waals surface area contributed by atoms with Crippen LogP contribution in [0.15, 0.2) is 46.9 Å². The number of hydrogen-bond acceptors (Lipinski definition) is 2. The maximum Gasteiger partial charge on any atom is 0.255 e. The van der Waals surface area contributed by atoms with Crippen molar-refractivity contribution in [2.45, 2.75) is 19.8 Å². The van der Waals surface area contributed by atoms with Crippen LogP contribution >= 0.6 is 15.9 Å². The van der Waals surface area contributed by atoms with Crippen molar-refractivity contribution in [2.75, 3.05) is 23.3 Å². The minimum atomic E-state index is -0.0791. The van der Waals surface area contributed by atoms with E-state index in [1.54, 1.807) is 0 Å². The number of nitrogens with one attached hydrogen (secondary N) is 1. The molecule has 0 atom stereocenters. The van der Waals surface area contributed by atoms with Crippen LogP contribution in [-0.4, -0.2) is 19.0 Å². The van der Waals surface area contributed by atoms with Crippen LogP contribution in [0.2, 0.25) is 0 Å². The summed E-state index contributed by atoms with van der Waals surface area (Å²) in [6.45, 7) is 4.30. The molecule has 1 heterocycles. The van der Waals surface area contributed by atoms with Crippen LogP contribution < -0.4 is 10.2 Å². The Morgan fingerprint density at radius 1 is 1.09 bits per heavy atom. The minimum Gasteiger partial charge on any atom is -0.372 e. The van der Waals surface area contributed by atoms with Crippen LogP contribution in [0.1, 0.15) is 28.8 Å². The molecule has 2 aromatic carbocycles. The van der Waals surface area contributed by atoms with E-state index >= 15 is 0 Å². The lowest BCUT2D eigenvalue weighted by Crippen LogP contribution is -2.18. The number of carbonyl (C=O) groups excluding carboxylic acids is 1. The molecule has 1 fully saturated rings. The zero-order chi connectivity index (χ0) is 15.5. The van der Waals surface area contributed by atoms with E-state index in [-0.39, 0.29) is 5.91 Å². The van der Waals surface area contributed by atoms with Crippen molar-refractivity contribution in [1.29, 1.82) is 0 Å². The predicted molar refractivity (Wildman–Crippen MR) is 94.7 cm³/mol. The number of benzene rings is 2. The minimum absolute atomic E-state index is 0.0791. The van der Waals surface area contributed by atoms with Gasteiger partial charge in [-0.3, -0.25) is 4.79 Å². The molecular formula is C18H19BrN2O. The zero-order valence-corrected chi connectivity index (χ0v) is 14.2. The van der Waals surface area contributed by atoms with Gasteiger partial charge in [-0.2, -0.15) is 0 Å². The molecule has 3 rings (SSSR count). The second-order valence-electron chi connectivity index (χ2n) is 5.65. The van der Waals surface area contributed by atoms with Crippen molar-refractivity contribution in [3.63, 3.8) is 0 Å². The summed E-state index contributed by atoms with van der Waals surface area (Å²) in [4.78, 5) is 14.7. The first-order chi connectivity index (χ1) is 10.6. The Labute approximate surface area is 139 Å². The highest BCUT2D eigenvalue weighted by Gasteiger charge is 2.14. The van der Waals surface area contributed by atoms with Crippen LogP contribution in [0, 0.1) is 6.92 Å². The van der Waals surface area contributed by atoms with Crippen LogP contribution in [0.5, 0.6) is 0 Å². The van der Waals surface area contributed by atoms with Crippen molar-refractivity contribution in [1.82, 2.24) is 0 Å². The molecule has 1 amide bonds. The number of halogens is 1. The van der Waals surface area contributed by atoms with Gasteiger partial charge in [-0.05, 0) is 67.8 Å². The summed E-state index contributed by atoms with van der Waals surface area (Å²) in [5.41, 5.74) is 3.87. The Balaban J connectivity index is 1.74. The number of hydrogen-bond donors (Lipinski definition) is 1. The summed E-state index contributed by atoms with van der Waals surface area (Å²) in [6.07, 6.45) is 2.53. The number of rotatable bonds is 3. The highest BCUT2D eigenvalue weighted by Crippen LogP contribution is 2.26. The van der Waals surface area contributed by atoms with E-state index in [4.69, 9.17) is 0 Å². The molecule has 0 spiro atoms. The molecular weight excluding hydrogens is 340 g/mol. The molecule has 0 radical (unpaired) electrons. The van der Waals surface area contributed by atoms with Gasteiger partial charge in [-0.15, -0.1) is 0 Å². The molecule has 0 saturated carbocycles. The summed E-state index contributed by atoms with van der Waals surface area (Å²) < 4.78 is 0.968. The second-order valence-corrected chi connectivity index (χ2v) is 6.57. The monoisotopic (exact) mass is 358 g/mol. The highest BCUT2D eigenvalue weighted by atomic mass is 79.9. The third-order valence-corrected chi connectivity index (χ3v) is 4.56. The van der Waals surface area contributed by atoms with Crippen molar-refractivity contribution in [2.24, 2.45) is 0 Å². The fourth-order valence-electron chi connectivity index (χ4n) is 2.76. The van der Waals surface area contributed by atoms with Gasteiger partial charge in [-0.1, -0.05) is 15.9 Å². The molecule has 0 bridgehead atoms. The van der Waals surface area contributed by atoms with Gasteiger partial charge in [0.25, 0.3) is 5.91 Å². The van der Waals surface area contributed by atoms with Gasteiger partial charge in [0.15, 0.2) is 0 Å². The van der Waals surface area contributed by atoms with Gasteiger partial charge >= 0.3 is 0 Å². The maximum absolute atomic E-state index is 12.3. The molecule has 114 valence electrons. The third kappa shape index (κ3) is 3.33. The SMILES string of the molecule is Cc1cc(N2CCCC2)ccc1NC(=O)c1ccc(Br)cc1. The predicted octanol–water partition coefficient (Wildman–Crippen LogP) is 4.61. The molecule has 1 saturated heterocycles. The van der Waals surface area contributed by atoms with Crippen molar-refractivity contribution in [3.8, 4) is 0 Å². The lowest BCUT2D eigenvalue weighted by molar-refractivity contribution is 0.102. The number of carbonyl (C=O) groups is 1. The summed E-state index contributed by atoms with van der Waals surface area (Å²) in [5, 5.41) is 2.99. The second kappa shape index (κ2) is 6.53. The first-order valence-electron chi connectivity index (χ1n) is 7.56. The maximum atomic E-state index is 12.3. The summed E-state index contributed by atoms with van der Waals surface area (Å²) in [7, 11) is 0. The van der Waals surface area contributed by atoms with Crippen molar-refractivity contribution >= 4 is 33.2 Å². The van der Waals surface area contributed by atoms with Gasteiger partial charge < -0.3 is 10.2 Å². The molecule has 1 N–H and O–H groups in total. The molecule has 22 heavy (non-hydrogen) atoms. The summed E-state index contributed by atoms with van der Waals surface area (Å²) in [5.74, 6) is -0.0791. The van der Waals surface area contributed by atoms with Gasteiger partial charge in [-0.25, -0.2) is 0 Å². The van der Waals surface area contributed by atoms with Gasteiger partial charge in [0.2, 0.25) is 0 Å². The fourth-order valence-corrected chi connectivity index (χ4v) is 3.02. The Kier molecular flexibility index (Phi) is 4.48. The molecule has 2 aromatic rings. The van der Waals surface area contributed by atoms with Gasteiger partial charge in [0.1, 0.15) is 0 Å². The van der Waals surface area contributed by atoms with Crippen LogP contribution in [0.3, 0.4) is 0 Å². The van der Waals surface area contributed by atoms with Crippen LogP contribution in [0.4, 0.5) is 11.4 Å². The standard InChI is InChI=1S/C18H19BrN2O/c1-13-12-16(21-10-2-3-11-21)8-9-17(13)20-18(22)14-4-6-15(19)7-5-14/h4-9,12H,2-3,10-11H2,1H3,(H,20,22). The third-order valence-electron chi connectivity index (χ3n) is 4.04. The Hall–Kier alpha value is -1.81. The quantitative estimate of drug-likeness (QED) is 0.868. The molecule has 1 aliphatic heterocycles. The molecule has 0 unspecified atom stereocenters. The van der Waals surface area contributed by atoms with E-state index in [1.165, 1.54) is 18.5 Å². The number of nitrogens with zero attached hydrogens (tertiary/aromatic N) is 1. The van der Waals surface area contributed by atoms with E-state index in [2.05, 4.69) is 38.3 Å². The van der Waals surface area contributed by atoms with Crippen LogP contribution in [-0.2, 0) is 0 Å². The van der Waals surface area contributed by atoms with Gasteiger partial charge in [0.05, 0.1) is 0 Å². The number of amides is 1. The molecule has 0 aromatic heterocycles.